The summed E-state index contributed by atoms with van der Waals surface area (Å²) in [6.07, 6.45) is 1.50. The molecule has 0 aliphatic carbocycles. The first-order chi connectivity index (χ1) is 11.0. The van der Waals surface area contributed by atoms with Crippen molar-refractivity contribution in [1.82, 2.24) is 10.3 Å². The largest absolute Gasteiger partial charge is 0.460 e. The average molecular weight is 353 g/mol. The molecule has 5 nitrogen and oxygen atoms in total. The van der Waals surface area contributed by atoms with Gasteiger partial charge in [0.1, 0.15) is 11.8 Å². The van der Waals surface area contributed by atoms with Crippen molar-refractivity contribution in [1.29, 1.82) is 0 Å². The van der Waals surface area contributed by atoms with Crippen LogP contribution in [-0.4, -0.2) is 29.5 Å². The molecule has 0 aliphatic rings. The van der Waals surface area contributed by atoms with Gasteiger partial charge in [-0.2, -0.15) is 0 Å². The van der Waals surface area contributed by atoms with E-state index in [9.17, 15) is 9.59 Å². The highest BCUT2D eigenvalue weighted by Crippen LogP contribution is 2.13. The minimum atomic E-state index is -0.506. The third-order valence-electron chi connectivity index (χ3n) is 2.91. The Morgan fingerprint density at radius 2 is 2.04 bits per heavy atom. The monoisotopic (exact) mass is 352 g/mol. The van der Waals surface area contributed by atoms with Crippen molar-refractivity contribution in [2.45, 2.75) is 13.0 Å². The third-order valence-corrected chi connectivity index (χ3v) is 3.44. The lowest BCUT2D eigenvalue weighted by Crippen LogP contribution is -2.36. The molecular weight excluding hydrogens is 339 g/mol. The molecule has 1 heterocycles. The van der Waals surface area contributed by atoms with Crippen molar-refractivity contribution in [3.05, 3.63) is 63.9 Å². The third kappa shape index (κ3) is 4.94. The van der Waals surface area contributed by atoms with Gasteiger partial charge in [-0.3, -0.25) is 4.79 Å². The normalized spacial score (nSPS) is 11.6. The van der Waals surface area contributed by atoms with E-state index in [2.05, 4.69) is 10.3 Å². The molecule has 23 heavy (non-hydrogen) atoms. The first-order valence-corrected chi connectivity index (χ1v) is 7.57. The lowest BCUT2D eigenvalue weighted by atomic mass is 10.2. The Balaban J connectivity index is 1.88. The van der Waals surface area contributed by atoms with Crippen LogP contribution in [-0.2, 0) is 4.74 Å². The number of hydrogen-bond acceptors (Lipinski definition) is 4. The number of halogens is 2. The second-order valence-electron chi connectivity index (χ2n) is 4.83. The van der Waals surface area contributed by atoms with Crippen LogP contribution in [0.3, 0.4) is 0 Å². The number of amides is 1. The van der Waals surface area contributed by atoms with Crippen molar-refractivity contribution in [2.75, 3.05) is 6.61 Å². The van der Waals surface area contributed by atoms with E-state index in [1.54, 1.807) is 37.3 Å². The summed E-state index contributed by atoms with van der Waals surface area (Å²) in [6.45, 7) is 1.74. The summed E-state index contributed by atoms with van der Waals surface area (Å²) in [5, 5.41) is 3.26. The van der Waals surface area contributed by atoms with Crippen molar-refractivity contribution in [2.24, 2.45) is 0 Å². The summed E-state index contributed by atoms with van der Waals surface area (Å²) in [4.78, 5) is 27.8. The maximum absolute atomic E-state index is 12.0. The number of carbonyl (C=O) groups excluding carboxylic acids is 2. The van der Waals surface area contributed by atoms with Crippen molar-refractivity contribution in [3.63, 3.8) is 0 Å². The summed E-state index contributed by atoms with van der Waals surface area (Å²) in [5.74, 6) is -0.887. The molecule has 0 fully saturated rings. The van der Waals surface area contributed by atoms with Crippen LogP contribution in [0, 0.1) is 0 Å². The number of rotatable bonds is 5. The number of carbonyl (C=O) groups is 2. The van der Waals surface area contributed by atoms with Gasteiger partial charge in [-0.25, -0.2) is 9.78 Å². The molecule has 7 heteroatoms. The van der Waals surface area contributed by atoms with Crippen LogP contribution < -0.4 is 5.32 Å². The van der Waals surface area contributed by atoms with Crippen LogP contribution in [0.25, 0.3) is 0 Å². The molecule has 0 aliphatic heterocycles. The van der Waals surface area contributed by atoms with Crippen molar-refractivity contribution in [3.8, 4) is 0 Å². The van der Waals surface area contributed by atoms with E-state index in [0.717, 1.165) is 0 Å². The number of hydrogen-bond donors (Lipinski definition) is 1. The number of pyridine rings is 1. The maximum atomic E-state index is 12.0. The molecule has 120 valence electrons. The number of ether oxygens (including phenoxy) is 1. The zero-order valence-electron chi connectivity index (χ0n) is 12.3. The van der Waals surface area contributed by atoms with Crippen LogP contribution in [0.4, 0.5) is 0 Å². The van der Waals surface area contributed by atoms with Crippen LogP contribution in [0.1, 0.15) is 27.6 Å². The second-order valence-corrected chi connectivity index (χ2v) is 5.62. The molecule has 0 bridgehead atoms. The molecule has 2 aromatic rings. The standard InChI is InChI=1S/C16H14Cl2N2O3/c1-10(20-15(21)13-6-3-7-19-14(13)18)9-23-16(22)11-4-2-5-12(17)8-11/h2-8,10H,9H2,1H3,(H,20,21)/t10-/m0/s1. The average Bonchev–Trinajstić information content (AvgIpc) is 2.53. The predicted molar refractivity (Wildman–Crippen MR) is 87.9 cm³/mol. The fraction of sp³-hybridized carbons (Fsp3) is 0.188. The van der Waals surface area contributed by atoms with Crippen molar-refractivity contribution < 1.29 is 14.3 Å². The molecule has 0 spiro atoms. The van der Waals surface area contributed by atoms with Gasteiger partial charge in [0.15, 0.2) is 0 Å². The van der Waals surface area contributed by atoms with E-state index >= 15 is 0 Å². The first kappa shape index (κ1) is 17.2. The fourth-order valence-electron chi connectivity index (χ4n) is 1.80. The van der Waals surface area contributed by atoms with E-state index in [4.69, 9.17) is 27.9 Å². The van der Waals surface area contributed by atoms with Crippen LogP contribution in [0.2, 0.25) is 10.2 Å². The Morgan fingerprint density at radius 3 is 2.74 bits per heavy atom. The minimum Gasteiger partial charge on any atom is -0.460 e. The van der Waals surface area contributed by atoms with Gasteiger partial charge < -0.3 is 10.1 Å². The minimum absolute atomic E-state index is 0.0228. The number of esters is 1. The van der Waals surface area contributed by atoms with Crippen LogP contribution in [0.5, 0.6) is 0 Å². The highest BCUT2D eigenvalue weighted by molar-refractivity contribution is 6.32. The molecular formula is C16H14Cl2N2O3. The summed E-state index contributed by atoms with van der Waals surface area (Å²) >= 11 is 11.7. The lowest BCUT2D eigenvalue weighted by Gasteiger charge is -2.14. The van der Waals surface area contributed by atoms with E-state index in [0.29, 0.717) is 10.6 Å². The van der Waals surface area contributed by atoms with E-state index in [-0.39, 0.29) is 29.3 Å². The molecule has 1 atom stereocenters. The Labute approximate surface area is 143 Å². The lowest BCUT2D eigenvalue weighted by molar-refractivity contribution is 0.0464. The van der Waals surface area contributed by atoms with Gasteiger partial charge in [-0.1, -0.05) is 29.3 Å². The summed E-state index contributed by atoms with van der Waals surface area (Å²) < 4.78 is 5.15. The summed E-state index contributed by atoms with van der Waals surface area (Å²) in [7, 11) is 0. The Kier molecular flexibility index (Phi) is 5.96. The molecule has 0 radical (unpaired) electrons. The molecule has 1 aromatic heterocycles. The zero-order chi connectivity index (χ0) is 16.8. The molecule has 1 amide bonds. The quantitative estimate of drug-likeness (QED) is 0.661. The highest BCUT2D eigenvalue weighted by atomic mass is 35.5. The smallest absolute Gasteiger partial charge is 0.338 e. The number of benzene rings is 1. The van der Waals surface area contributed by atoms with Gasteiger partial charge in [-0.05, 0) is 37.3 Å². The van der Waals surface area contributed by atoms with Gasteiger partial charge in [0.25, 0.3) is 5.91 Å². The van der Waals surface area contributed by atoms with Crippen LogP contribution in [0.15, 0.2) is 42.6 Å². The van der Waals surface area contributed by atoms with Gasteiger partial charge in [-0.15, -0.1) is 0 Å². The van der Waals surface area contributed by atoms with Crippen LogP contribution >= 0.6 is 23.2 Å². The highest BCUT2D eigenvalue weighted by Gasteiger charge is 2.15. The fourth-order valence-corrected chi connectivity index (χ4v) is 2.19. The SMILES string of the molecule is C[C@@H](COC(=O)c1cccc(Cl)c1)NC(=O)c1cccnc1Cl. The number of nitrogens with one attached hydrogen (secondary N) is 1. The van der Waals surface area contributed by atoms with E-state index in [1.807, 2.05) is 0 Å². The first-order valence-electron chi connectivity index (χ1n) is 6.81. The zero-order valence-corrected chi connectivity index (χ0v) is 13.8. The maximum Gasteiger partial charge on any atom is 0.338 e. The Morgan fingerprint density at radius 1 is 1.26 bits per heavy atom. The van der Waals surface area contributed by atoms with Gasteiger partial charge in [0.2, 0.25) is 0 Å². The molecule has 1 aromatic carbocycles. The molecule has 0 saturated heterocycles. The number of aromatic nitrogens is 1. The topological polar surface area (TPSA) is 68.3 Å². The van der Waals surface area contributed by atoms with E-state index < -0.39 is 5.97 Å². The predicted octanol–water partition coefficient (Wildman–Crippen LogP) is 3.36. The second kappa shape index (κ2) is 7.94. The molecule has 2 rings (SSSR count). The van der Waals surface area contributed by atoms with Gasteiger partial charge >= 0.3 is 5.97 Å². The Bertz CT molecular complexity index is 722. The summed E-state index contributed by atoms with van der Waals surface area (Å²) in [5.41, 5.74) is 0.619. The number of nitrogens with zero attached hydrogens (tertiary/aromatic N) is 1. The van der Waals surface area contributed by atoms with Gasteiger partial charge in [0.05, 0.1) is 17.2 Å². The molecule has 0 saturated carbocycles. The Hall–Kier alpha value is -2.11. The van der Waals surface area contributed by atoms with E-state index in [1.165, 1.54) is 12.3 Å². The summed E-state index contributed by atoms with van der Waals surface area (Å²) in [6, 6.07) is 9.24. The molecule has 0 unspecified atom stereocenters. The van der Waals surface area contributed by atoms with Gasteiger partial charge in [0, 0.05) is 11.2 Å². The van der Waals surface area contributed by atoms with Crippen molar-refractivity contribution >= 4 is 35.1 Å². The molecule has 1 N–H and O–H groups in total.